The van der Waals surface area contributed by atoms with Gasteiger partial charge in [-0.25, -0.2) is 0 Å². The van der Waals surface area contributed by atoms with E-state index in [0.717, 1.165) is 0 Å². The molecule has 0 saturated heterocycles. The lowest BCUT2D eigenvalue weighted by atomic mass is 10.3. The van der Waals surface area contributed by atoms with Crippen LogP contribution in [0.3, 0.4) is 0 Å². The summed E-state index contributed by atoms with van der Waals surface area (Å²) in [6.07, 6.45) is 1.64. The first-order valence-electron chi connectivity index (χ1n) is 6.64. The normalized spacial score (nSPS) is 12.4. The maximum atomic E-state index is 12.3. The molecule has 3 N–H and O–H groups in total. The van der Waals surface area contributed by atoms with E-state index in [2.05, 4.69) is 15.5 Å². The van der Waals surface area contributed by atoms with Crippen molar-refractivity contribution in [1.82, 2.24) is 14.8 Å². The number of nitrogens with two attached hydrogens (primary N) is 1. The highest BCUT2D eigenvalue weighted by molar-refractivity contribution is 8.00. The average molecular weight is 339 g/mol. The lowest BCUT2D eigenvalue weighted by Crippen LogP contribution is -2.24. The van der Waals surface area contributed by atoms with E-state index in [0.29, 0.717) is 15.7 Å². The molecule has 1 atom stereocenters. The third-order valence-corrected chi connectivity index (χ3v) is 4.82. The first-order valence-corrected chi connectivity index (χ1v) is 8.40. The Hall–Kier alpha value is -1.87. The van der Waals surface area contributed by atoms with Crippen LogP contribution in [-0.2, 0) is 4.79 Å². The van der Waals surface area contributed by atoms with E-state index < -0.39 is 5.91 Å². The number of thiophene rings is 1. The molecular formula is C13H17N5O2S2. The van der Waals surface area contributed by atoms with Gasteiger partial charge in [0.1, 0.15) is 11.3 Å². The van der Waals surface area contributed by atoms with Crippen LogP contribution in [0.25, 0.3) is 0 Å². The molecule has 22 heavy (non-hydrogen) atoms. The molecular weight excluding hydrogens is 322 g/mol. The topological polar surface area (TPSA) is 103 Å². The van der Waals surface area contributed by atoms with Gasteiger partial charge in [0.25, 0.3) is 5.91 Å². The maximum Gasteiger partial charge on any atom is 0.251 e. The molecule has 0 aromatic carbocycles. The second kappa shape index (κ2) is 6.93. The van der Waals surface area contributed by atoms with E-state index in [4.69, 9.17) is 5.73 Å². The van der Waals surface area contributed by atoms with Crippen LogP contribution in [0.1, 0.15) is 37.2 Å². The highest BCUT2D eigenvalue weighted by atomic mass is 32.2. The average Bonchev–Trinajstić information content (AvgIpc) is 3.07. The van der Waals surface area contributed by atoms with E-state index in [1.54, 1.807) is 24.7 Å². The van der Waals surface area contributed by atoms with Crippen molar-refractivity contribution < 1.29 is 9.59 Å². The fourth-order valence-electron chi connectivity index (χ4n) is 1.70. The van der Waals surface area contributed by atoms with E-state index in [1.807, 2.05) is 18.4 Å². The van der Waals surface area contributed by atoms with Gasteiger partial charge in [0.2, 0.25) is 5.91 Å². The Morgan fingerprint density at radius 1 is 1.41 bits per heavy atom. The Morgan fingerprint density at radius 2 is 2.14 bits per heavy atom. The molecule has 0 bridgehead atoms. The molecule has 2 rings (SSSR count). The lowest BCUT2D eigenvalue weighted by molar-refractivity contribution is -0.115. The standard InChI is InChI=1S/C13H17N5O2S2/c1-7(2)18-6-15-17-13(18)22-8(3)11(20)16-12-9(10(14)19)4-5-21-12/h4-8H,1-3H3,(H2,14,19)(H,16,20)/t8-/m0/s1. The quantitative estimate of drug-likeness (QED) is 0.785. The summed E-state index contributed by atoms with van der Waals surface area (Å²) in [5, 5.41) is 13.1. The minimum atomic E-state index is -0.559. The molecule has 0 saturated carbocycles. The molecule has 2 aromatic rings. The molecule has 118 valence electrons. The van der Waals surface area contributed by atoms with Gasteiger partial charge in [-0.1, -0.05) is 11.8 Å². The van der Waals surface area contributed by atoms with Crippen molar-refractivity contribution in [3.8, 4) is 0 Å². The molecule has 2 amide bonds. The Bertz CT molecular complexity index is 680. The predicted molar refractivity (Wildman–Crippen MR) is 87.2 cm³/mol. The summed E-state index contributed by atoms with van der Waals surface area (Å²) in [6.45, 7) is 5.81. The summed E-state index contributed by atoms with van der Waals surface area (Å²) in [5.41, 5.74) is 5.58. The highest BCUT2D eigenvalue weighted by Crippen LogP contribution is 2.27. The van der Waals surface area contributed by atoms with Crippen molar-refractivity contribution in [3.63, 3.8) is 0 Å². The number of thioether (sulfide) groups is 1. The van der Waals surface area contributed by atoms with Gasteiger partial charge in [-0.2, -0.15) is 0 Å². The summed E-state index contributed by atoms with van der Waals surface area (Å²) >= 11 is 2.58. The van der Waals surface area contributed by atoms with Gasteiger partial charge in [-0.15, -0.1) is 21.5 Å². The summed E-state index contributed by atoms with van der Waals surface area (Å²) < 4.78 is 1.90. The van der Waals surface area contributed by atoms with E-state index in [1.165, 1.54) is 23.1 Å². The number of hydrogen-bond donors (Lipinski definition) is 2. The number of aromatic nitrogens is 3. The smallest absolute Gasteiger partial charge is 0.251 e. The number of anilines is 1. The zero-order valence-corrected chi connectivity index (χ0v) is 14.1. The third-order valence-electron chi connectivity index (χ3n) is 2.92. The minimum Gasteiger partial charge on any atom is -0.366 e. The number of rotatable bonds is 6. The van der Waals surface area contributed by atoms with Gasteiger partial charge >= 0.3 is 0 Å². The van der Waals surface area contributed by atoms with Crippen LogP contribution in [0.5, 0.6) is 0 Å². The summed E-state index contributed by atoms with van der Waals surface area (Å²) in [5.74, 6) is -0.773. The molecule has 0 unspecified atom stereocenters. The number of carbonyl (C=O) groups is 2. The van der Waals surface area contributed by atoms with Crippen LogP contribution in [0.4, 0.5) is 5.00 Å². The molecule has 0 aliphatic rings. The number of nitrogens with one attached hydrogen (secondary N) is 1. The molecule has 2 heterocycles. The SMILES string of the molecule is CC(C)n1cnnc1S[C@@H](C)C(=O)Nc1sccc1C(N)=O. The lowest BCUT2D eigenvalue weighted by Gasteiger charge is -2.13. The molecule has 7 nitrogen and oxygen atoms in total. The summed E-state index contributed by atoms with van der Waals surface area (Å²) in [6, 6.07) is 1.81. The Balaban J connectivity index is 2.05. The molecule has 9 heteroatoms. The molecule has 0 spiro atoms. The number of nitrogens with zero attached hydrogens (tertiary/aromatic N) is 3. The monoisotopic (exact) mass is 339 g/mol. The van der Waals surface area contributed by atoms with Crippen molar-refractivity contribution in [2.45, 2.75) is 37.2 Å². The Morgan fingerprint density at radius 3 is 2.77 bits per heavy atom. The number of carbonyl (C=O) groups excluding carboxylic acids is 2. The minimum absolute atomic E-state index is 0.214. The fraction of sp³-hybridized carbons (Fsp3) is 0.385. The van der Waals surface area contributed by atoms with Crippen molar-refractivity contribution in [3.05, 3.63) is 23.3 Å². The van der Waals surface area contributed by atoms with Crippen molar-refractivity contribution in [2.24, 2.45) is 5.73 Å². The number of amides is 2. The van der Waals surface area contributed by atoms with E-state index >= 15 is 0 Å². The zero-order valence-electron chi connectivity index (χ0n) is 12.4. The van der Waals surface area contributed by atoms with Crippen molar-refractivity contribution in [1.29, 1.82) is 0 Å². The summed E-state index contributed by atoms with van der Waals surface area (Å²) in [4.78, 5) is 23.5. The van der Waals surface area contributed by atoms with Crippen LogP contribution >= 0.6 is 23.1 Å². The summed E-state index contributed by atoms with van der Waals surface area (Å²) in [7, 11) is 0. The first kappa shape index (κ1) is 16.5. The van der Waals surface area contributed by atoms with Gasteiger partial charge in [0, 0.05) is 6.04 Å². The van der Waals surface area contributed by atoms with E-state index in [9.17, 15) is 9.59 Å². The molecule has 0 aliphatic heterocycles. The highest BCUT2D eigenvalue weighted by Gasteiger charge is 2.21. The Kier molecular flexibility index (Phi) is 5.19. The van der Waals surface area contributed by atoms with Crippen LogP contribution in [0.15, 0.2) is 22.9 Å². The fourth-order valence-corrected chi connectivity index (χ4v) is 3.45. The predicted octanol–water partition coefficient (Wildman–Crippen LogP) is 2.14. The third kappa shape index (κ3) is 3.66. The molecule has 2 aromatic heterocycles. The second-order valence-electron chi connectivity index (χ2n) is 4.89. The van der Waals surface area contributed by atoms with Crippen LogP contribution in [-0.4, -0.2) is 31.8 Å². The van der Waals surface area contributed by atoms with Crippen molar-refractivity contribution >= 4 is 39.9 Å². The number of hydrogen-bond acceptors (Lipinski definition) is 6. The Labute approximate surface area is 136 Å². The first-order chi connectivity index (χ1) is 10.4. The molecule has 0 radical (unpaired) electrons. The van der Waals surface area contributed by atoms with Gasteiger partial charge in [0.15, 0.2) is 5.16 Å². The zero-order chi connectivity index (χ0) is 16.3. The maximum absolute atomic E-state index is 12.3. The molecule has 0 fully saturated rings. The van der Waals surface area contributed by atoms with Gasteiger partial charge in [-0.05, 0) is 32.2 Å². The number of primary amides is 1. The van der Waals surface area contributed by atoms with Crippen LogP contribution in [0.2, 0.25) is 0 Å². The van der Waals surface area contributed by atoms with E-state index in [-0.39, 0.29) is 17.2 Å². The van der Waals surface area contributed by atoms with Gasteiger partial charge in [-0.3, -0.25) is 9.59 Å². The largest absolute Gasteiger partial charge is 0.366 e. The van der Waals surface area contributed by atoms with Gasteiger partial charge in [0.05, 0.1) is 10.8 Å². The van der Waals surface area contributed by atoms with Crippen LogP contribution in [0, 0.1) is 0 Å². The molecule has 0 aliphatic carbocycles. The second-order valence-corrected chi connectivity index (χ2v) is 7.12. The van der Waals surface area contributed by atoms with Crippen LogP contribution < -0.4 is 11.1 Å². The van der Waals surface area contributed by atoms with Gasteiger partial charge < -0.3 is 15.6 Å². The van der Waals surface area contributed by atoms with Crippen molar-refractivity contribution in [2.75, 3.05) is 5.32 Å².